The van der Waals surface area contributed by atoms with Gasteiger partial charge < -0.3 is 15.2 Å². The fourth-order valence-corrected chi connectivity index (χ4v) is 3.17. The van der Waals surface area contributed by atoms with Crippen LogP contribution in [0.15, 0.2) is 24.3 Å². The second-order valence-electron chi connectivity index (χ2n) is 6.05. The summed E-state index contributed by atoms with van der Waals surface area (Å²) in [5.74, 6) is 1.83. The first-order valence-corrected chi connectivity index (χ1v) is 8.13. The summed E-state index contributed by atoms with van der Waals surface area (Å²) in [6, 6.07) is 8.12. The Morgan fingerprint density at radius 1 is 1.38 bits per heavy atom. The van der Waals surface area contributed by atoms with E-state index in [0.29, 0.717) is 18.9 Å². The molecule has 7 heteroatoms. The maximum absolute atomic E-state index is 11.9. The van der Waals surface area contributed by atoms with Gasteiger partial charge in [-0.15, -0.1) is 24.8 Å². The van der Waals surface area contributed by atoms with Crippen molar-refractivity contribution in [2.24, 2.45) is 5.92 Å². The molecule has 134 valence electrons. The molecule has 2 aromatic rings. The van der Waals surface area contributed by atoms with Crippen LogP contribution in [0, 0.1) is 12.8 Å². The fraction of sp³-hybridized carbons (Fsp3) is 0.529. The Balaban J connectivity index is 0.00000144. The summed E-state index contributed by atoms with van der Waals surface area (Å²) in [6.45, 7) is 5.59. The van der Waals surface area contributed by atoms with Crippen molar-refractivity contribution in [3.05, 3.63) is 30.1 Å². The number of rotatable bonds is 6. The van der Waals surface area contributed by atoms with Crippen LogP contribution in [0.25, 0.3) is 11.0 Å². The van der Waals surface area contributed by atoms with E-state index in [1.165, 1.54) is 6.42 Å². The summed E-state index contributed by atoms with van der Waals surface area (Å²) in [5, 5.41) is 6.37. The average molecular weight is 373 g/mol. The Hall–Kier alpha value is -1.30. The minimum absolute atomic E-state index is 0. The monoisotopic (exact) mass is 372 g/mol. The van der Waals surface area contributed by atoms with E-state index >= 15 is 0 Å². The minimum Gasteiger partial charge on any atom is -0.354 e. The molecule has 3 rings (SSSR count). The summed E-state index contributed by atoms with van der Waals surface area (Å²) in [7, 11) is 0. The van der Waals surface area contributed by atoms with E-state index in [0.717, 1.165) is 42.9 Å². The Bertz CT molecular complexity index is 653. The standard InChI is InChI=1S/C17H24N4O.2ClH/c1-13-20-15-4-2-3-5-16(15)21(13)11-10-19-17(22)7-6-14-8-9-18-12-14;;/h2-5,14,18H,6-12H2,1H3,(H,19,22);2*1H. The number of nitrogens with zero attached hydrogens (tertiary/aromatic N) is 2. The molecule has 0 radical (unpaired) electrons. The SMILES string of the molecule is Cc1nc2ccccc2n1CCNC(=O)CCC1CCNC1.Cl.Cl. The lowest BCUT2D eigenvalue weighted by Gasteiger charge is -2.10. The van der Waals surface area contributed by atoms with Gasteiger partial charge in [-0.05, 0) is 50.9 Å². The number of imidazole rings is 1. The summed E-state index contributed by atoms with van der Waals surface area (Å²) in [6.07, 6.45) is 2.83. The normalized spacial score (nSPS) is 16.5. The lowest BCUT2D eigenvalue weighted by atomic mass is 10.0. The van der Waals surface area contributed by atoms with Gasteiger partial charge in [0.1, 0.15) is 5.82 Å². The zero-order valence-electron chi connectivity index (χ0n) is 14.0. The Morgan fingerprint density at radius 2 is 2.17 bits per heavy atom. The first kappa shape index (κ1) is 20.7. The number of aromatic nitrogens is 2. The largest absolute Gasteiger partial charge is 0.354 e. The van der Waals surface area contributed by atoms with Crippen molar-refractivity contribution in [1.82, 2.24) is 20.2 Å². The van der Waals surface area contributed by atoms with Crippen LogP contribution in [0.3, 0.4) is 0 Å². The molecule has 0 aliphatic carbocycles. The van der Waals surface area contributed by atoms with Gasteiger partial charge >= 0.3 is 0 Å². The zero-order chi connectivity index (χ0) is 15.4. The van der Waals surface area contributed by atoms with Crippen LogP contribution in [0.2, 0.25) is 0 Å². The van der Waals surface area contributed by atoms with Gasteiger partial charge in [-0.1, -0.05) is 12.1 Å². The van der Waals surface area contributed by atoms with Crippen LogP contribution < -0.4 is 10.6 Å². The molecule has 1 unspecified atom stereocenters. The first-order valence-electron chi connectivity index (χ1n) is 8.13. The van der Waals surface area contributed by atoms with Crippen LogP contribution in [0.5, 0.6) is 0 Å². The Kier molecular flexibility index (Phi) is 8.53. The molecular formula is C17H26Cl2N4O. The van der Waals surface area contributed by atoms with E-state index < -0.39 is 0 Å². The third-order valence-corrected chi connectivity index (χ3v) is 4.45. The lowest BCUT2D eigenvalue weighted by Crippen LogP contribution is -2.27. The molecular weight excluding hydrogens is 347 g/mol. The number of hydrogen-bond acceptors (Lipinski definition) is 3. The number of carbonyl (C=O) groups excluding carboxylic acids is 1. The van der Waals surface area contributed by atoms with Crippen molar-refractivity contribution in [2.75, 3.05) is 19.6 Å². The Morgan fingerprint density at radius 3 is 2.92 bits per heavy atom. The molecule has 2 heterocycles. The highest BCUT2D eigenvalue weighted by atomic mass is 35.5. The van der Waals surface area contributed by atoms with Gasteiger partial charge in [0.25, 0.3) is 0 Å². The van der Waals surface area contributed by atoms with E-state index in [-0.39, 0.29) is 30.7 Å². The first-order chi connectivity index (χ1) is 10.7. The molecule has 0 saturated carbocycles. The van der Waals surface area contributed by atoms with Gasteiger partial charge in [0.15, 0.2) is 0 Å². The van der Waals surface area contributed by atoms with Crippen molar-refractivity contribution in [3.8, 4) is 0 Å². The predicted octanol–water partition coefficient (Wildman–Crippen LogP) is 2.69. The molecule has 1 aromatic carbocycles. The molecule has 1 aliphatic rings. The van der Waals surface area contributed by atoms with Crippen molar-refractivity contribution < 1.29 is 4.79 Å². The summed E-state index contributed by atoms with van der Waals surface area (Å²) in [5.41, 5.74) is 2.14. The van der Waals surface area contributed by atoms with E-state index in [9.17, 15) is 4.79 Å². The molecule has 0 spiro atoms. The van der Waals surface area contributed by atoms with E-state index in [1.807, 2.05) is 25.1 Å². The average Bonchev–Trinajstić information content (AvgIpc) is 3.13. The molecule has 5 nitrogen and oxygen atoms in total. The van der Waals surface area contributed by atoms with Crippen molar-refractivity contribution >= 4 is 41.8 Å². The number of halogens is 2. The van der Waals surface area contributed by atoms with Gasteiger partial charge in [0.05, 0.1) is 11.0 Å². The summed E-state index contributed by atoms with van der Waals surface area (Å²) in [4.78, 5) is 16.5. The van der Waals surface area contributed by atoms with Crippen LogP contribution in [0.4, 0.5) is 0 Å². The number of para-hydroxylation sites is 2. The number of fused-ring (bicyclic) bond motifs is 1. The van der Waals surface area contributed by atoms with E-state index in [4.69, 9.17) is 0 Å². The zero-order valence-corrected chi connectivity index (χ0v) is 15.6. The number of nitrogens with one attached hydrogen (secondary N) is 2. The lowest BCUT2D eigenvalue weighted by molar-refractivity contribution is -0.121. The molecule has 2 N–H and O–H groups in total. The predicted molar refractivity (Wildman–Crippen MR) is 102 cm³/mol. The van der Waals surface area contributed by atoms with Crippen molar-refractivity contribution in [3.63, 3.8) is 0 Å². The summed E-state index contributed by atoms with van der Waals surface area (Å²) >= 11 is 0. The maximum atomic E-state index is 11.9. The number of hydrogen-bond donors (Lipinski definition) is 2. The third-order valence-electron chi connectivity index (χ3n) is 4.45. The Labute approximate surface area is 155 Å². The van der Waals surface area contributed by atoms with Crippen LogP contribution >= 0.6 is 24.8 Å². The molecule has 1 atom stereocenters. The van der Waals surface area contributed by atoms with Crippen molar-refractivity contribution in [2.45, 2.75) is 32.7 Å². The molecule has 0 bridgehead atoms. The second kappa shape index (κ2) is 9.87. The topological polar surface area (TPSA) is 59.0 Å². The van der Waals surface area contributed by atoms with Gasteiger partial charge in [-0.3, -0.25) is 4.79 Å². The highest BCUT2D eigenvalue weighted by Gasteiger charge is 2.15. The van der Waals surface area contributed by atoms with Gasteiger partial charge in [0, 0.05) is 19.5 Å². The third kappa shape index (κ3) is 5.10. The van der Waals surface area contributed by atoms with Gasteiger partial charge in [-0.2, -0.15) is 0 Å². The molecule has 1 aliphatic heterocycles. The second-order valence-corrected chi connectivity index (χ2v) is 6.05. The van der Waals surface area contributed by atoms with Gasteiger partial charge in [0.2, 0.25) is 5.91 Å². The molecule has 1 aromatic heterocycles. The number of amides is 1. The highest BCUT2D eigenvalue weighted by Crippen LogP contribution is 2.15. The smallest absolute Gasteiger partial charge is 0.220 e. The van der Waals surface area contributed by atoms with E-state index in [1.54, 1.807) is 0 Å². The van der Waals surface area contributed by atoms with Gasteiger partial charge in [-0.25, -0.2) is 4.98 Å². The van der Waals surface area contributed by atoms with Crippen molar-refractivity contribution in [1.29, 1.82) is 0 Å². The molecule has 1 fully saturated rings. The number of aryl methyl sites for hydroxylation is 1. The van der Waals surface area contributed by atoms with Crippen LogP contribution in [-0.2, 0) is 11.3 Å². The fourth-order valence-electron chi connectivity index (χ4n) is 3.17. The van der Waals surface area contributed by atoms with Crippen LogP contribution in [-0.4, -0.2) is 35.1 Å². The molecule has 1 saturated heterocycles. The molecule has 1 amide bonds. The summed E-state index contributed by atoms with van der Waals surface area (Å²) < 4.78 is 2.16. The van der Waals surface area contributed by atoms with E-state index in [2.05, 4.69) is 26.3 Å². The maximum Gasteiger partial charge on any atom is 0.220 e. The number of benzene rings is 1. The minimum atomic E-state index is 0. The highest BCUT2D eigenvalue weighted by molar-refractivity contribution is 5.85. The molecule has 24 heavy (non-hydrogen) atoms. The van der Waals surface area contributed by atoms with Crippen LogP contribution in [0.1, 0.15) is 25.1 Å². The quantitative estimate of drug-likeness (QED) is 0.819. The number of carbonyl (C=O) groups is 1.